The normalized spacial score (nSPS) is 10.3. The topological polar surface area (TPSA) is 59.5 Å². The number of carbonyl (C=O) groups excluding carboxylic acids is 2. The number of hydrogen-bond donors (Lipinski definition) is 0. The van der Waals surface area contributed by atoms with Crippen LogP contribution < -0.4 is 4.90 Å². The maximum Gasteiger partial charge on any atom is 0.358 e. The number of likely N-dealkylation sites (N-methyl/N-ethyl adjacent to an activating group) is 1. The van der Waals surface area contributed by atoms with E-state index in [1.807, 2.05) is 60.7 Å². The molecule has 1 heterocycles. The van der Waals surface area contributed by atoms with Gasteiger partial charge in [-0.3, -0.25) is 4.79 Å². The Morgan fingerprint density at radius 3 is 2.36 bits per heavy atom. The van der Waals surface area contributed by atoms with Gasteiger partial charge < -0.3 is 9.64 Å². The molecule has 0 unspecified atom stereocenters. The maximum absolute atomic E-state index is 12.1. The summed E-state index contributed by atoms with van der Waals surface area (Å²) in [4.78, 5) is 30.0. The lowest BCUT2D eigenvalue weighted by atomic mass is 10.2. The quantitative estimate of drug-likeness (QED) is 0.658. The summed E-state index contributed by atoms with van der Waals surface area (Å²) in [7, 11) is 1.64. The molecule has 0 atom stereocenters. The van der Waals surface area contributed by atoms with E-state index in [0.717, 1.165) is 16.3 Å². The number of benzene rings is 2. The average Bonchev–Trinajstić information content (AvgIpc) is 3.17. The molecular weight excluding hydrogens is 336 g/mol. The summed E-state index contributed by atoms with van der Waals surface area (Å²) in [5, 5.41) is 2.37. The lowest BCUT2D eigenvalue weighted by Gasteiger charge is -2.16. The van der Waals surface area contributed by atoms with Crippen molar-refractivity contribution in [3.63, 3.8) is 0 Å². The molecule has 6 heteroatoms. The smallest absolute Gasteiger partial charge is 0.358 e. The van der Waals surface area contributed by atoms with Crippen LogP contribution in [0.25, 0.3) is 10.6 Å². The van der Waals surface area contributed by atoms with Gasteiger partial charge in [-0.05, 0) is 12.1 Å². The van der Waals surface area contributed by atoms with Gasteiger partial charge in [0, 0.05) is 23.7 Å². The third kappa shape index (κ3) is 4.10. The van der Waals surface area contributed by atoms with Crippen LogP contribution in [0.5, 0.6) is 0 Å². The fourth-order valence-corrected chi connectivity index (χ4v) is 2.97. The number of esters is 1. The van der Waals surface area contributed by atoms with Gasteiger partial charge in [0.15, 0.2) is 12.3 Å². The molecule has 0 aliphatic heterocycles. The van der Waals surface area contributed by atoms with Crippen LogP contribution in [-0.2, 0) is 9.53 Å². The van der Waals surface area contributed by atoms with E-state index in [9.17, 15) is 9.59 Å². The number of hydrogen-bond acceptors (Lipinski definition) is 5. The first kappa shape index (κ1) is 16.9. The number of nitrogens with zero attached hydrogens (tertiary/aromatic N) is 2. The molecule has 0 radical (unpaired) electrons. The van der Waals surface area contributed by atoms with E-state index in [1.165, 1.54) is 16.2 Å². The molecule has 0 saturated heterocycles. The van der Waals surface area contributed by atoms with Crippen molar-refractivity contribution in [2.45, 2.75) is 0 Å². The van der Waals surface area contributed by atoms with E-state index in [0.29, 0.717) is 0 Å². The molecule has 0 saturated carbocycles. The highest BCUT2D eigenvalue weighted by molar-refractivity contribution is 7.13. The minimum Gasteiger partial charge on any atom is -0.451 e. The summed E-state index contributed by atoms with van der Waals surface area (Å²) in [6.45, 7) is -0.331. The second-order valence-corrected chi connectivity index (χ2v) is 6.13. The van der Waals surface area contributed by atoms with E-state index < -0.39 is 5.97 Å². The molecule has 0 bridgehead atoms. The van der Waals surface area contributed by atoms with Crippen molar-refractivity contribution in [1.29, 1.82) is 0 Å². The minimum absolute atomic E-state index is 0.207. The standard InChI is InChI=1S/C19H16N2O3S/c1-21(15-10-6-3-7-11-15)17(22)12-24-19(23)16-13-25-18(20-16)14-8-4-2-5-9-14/h2-11,13H,12H2,1H3. The molecule has 0 aliphatic carbocycles. The fourth-order valence-electron chi connectivity index (χ4n) is 2.17. The van der Waals surface area contributed by atoms with Gasteiger partial charge in [-0.25, -0.2) is 9.78 Å². The summed E-state index contributed by atoms with van der Waals surface area (Å²) in [6.07, 6.45) is 0. The number of amides is 1. The molecule has 2 aromatic carbocycles. The first-order valence-electron chi connectivity index (χ1n) is 7.65. The van der Waals surface area contributed by atoms with Crippen molar-refractivity contribution in [2.24, 2.45) is 0 Å². The van der Waals surface area contributed by atoms with Crippen LogP contribution in [0.15, 0.2) is 66.0 Å². The van der Waals surface area contributed by atoms with Crippen molar-refractivity contribution in [3.05, 3.63) is 71.7 Å². The van der Waals surface area contributed by atoms with E-state index in [-0.39, 0.29) is 18.2 Å². The van der Waals surface area contributed by atoms with Crippen LogP contribution in [0.3, 0.4) is 0 Å². The summed E-state index contributed by atoms with van der Waals surface area (Å²) in [5.41, 5.74) is 1.88. The molecule has 3 rings (SSSR count). The summed E-state index contributed by atoms with van der Waals surface area (Å²) < 4.78 is 5.10. The Hall–Kier alpha value is -2.99. The Balaban J connectivity index is 1.60. The van der Waals surface area contributed by atoms with Crippen LogP contribution in [0.4, 0.5) is 5.69 Å². The first-order chi connectivity index (χ1) is 12.1. The van der Waals surface area contributed by atoms with Crippen LogP contribution in [0, 0.1) is 0 Å². The van der Waals surface area contributed by atoms with Crippen molar-refractivity contribution >= 4 is 28.9 Å². The maximum atomic E-state index is 12.1. The summed E-state index contributed by atoms with van der Waals surface area (Å²) >= 11 is 1.36. The summed E-state index contributed by atoms with van der Waals surface area (Å²) in [5.74, 6) is -0.911. The van der Waals surface area contributed by atoms with Gasteiger partial charge in [0.25, 0.3) is 5.91 Å². The largest absolute Gasteiger partial charge is 0.451 e. The molecule has 0 spiro atoms. The van der Waals surface area contributed by atoms with Gasteiger partial charge in [-0.2, -0.15) is 0 Å². The molecular formula is C19H16N2O3S. The molecule has 126 valence electrons. The van der Waals surface area contributed by atoms with Crippen molar-refractivity contribution in [1.82, 2.24) is 4.98 Å². The second-order valence-electron chi connectivity index (χ2n) is 5.27. The molecule has 0 fully saturated rings. The number of para-hydroxylation sites is 1. The van der Waals surface area contributed by atoms with E-state index in [1.54, 1.807) is 12.4 Å². The van der Waals surface area contributed by atoms with E-state index in [4.69, 9.17) is 4.74 Å². The average molecular weight is 352 g/mol. The Morgan fingerprint density at radius 2 is 1.68 bits per heavy atom. The number of ether oxygens (including phenoxy) is 1. The third-order valence-electron chi connectivity index (χ3n) is 3.58. The predicted molar refractivity (Wildman–Crippen MR) is 97.7 cm³/mol. The molecule has 3 aromatic rings. The molecule has 1 amide bonds. The lowest BCUT2D eigenvalue weighted by molar-refractivity contribution is -0.121. The SMILES string of the molecule is CN(C(=O)COC(=O)c1csc(-c2ccccc2)n1)c1ccccc1. The Bertz CT molecular complexity index is 863. The Labute approximate surface area is 149 Å². The zero-order valence-corrected chi connectivity index (χ0v) is 14.4. The molecule has 5 nitrogen and oxygen atoms in total. The number of thiazole rings is 1. The Kier molecular flexibility index (Phi) is 5.20. The van der Waals surface area contributed by atoms with Crippen LogP contribution in [-0.4, -0.2) is 30.5 Å². The van der Waals surface area contributed by atoms with Gasteiger partial charge in [-0.1, -0.05) is 48.5 Å². The van der Waals surface area contributed by atoms with Gasteiger partial charge in [0.1, 0.15) is 5.01 Å². The highest BCUT2D eigenvalue weighted by Gasteiger charge is 2.17. The van der Waals surface area contributed by atoms with Crippen molar-refractivity contribution in [3.8, 4) is 10.6 Å². The lowest BCUT2D eigenvalue weighted by Crippen LogP contribution is -2.31. The number of aromatic nitrogens is 1. The minimum atomic E-state index is -0.603. The predicted octanol–water partition coefficient (Wildman–Crippen LogP) is 3.63. The van der Waals surface area contributed by atoms with Crippen LogP contribution in [0.2, 0.25) is 0 Å². The number of carbonyl (C=O) groups is 2. The molecule has 0 aliphatic rings. The zero-order chi connectivity index (χ0) is 17.6. The monoisotopic (exact) mass is 352 g/mol. The highest BCUT2D eigenvalue weighted by atomic mass is 32.1. The summed E-state index contributed by atoms with van der Waals surface area (Å²) in [6, 6.07) is 18.8. The molecule has 25 heavy (non-hydrogen) atoms. The van der Waals surface area contributed by atoms with Crippen LogP contribution in [0.1, 0.15) is 10.5 Å². The van der Waals surface area contributed by atoms with E-state index >= 15 is 0 Å². The fraction of sp³-hybridized carbons (Fsp3) is 0.105. The molecule has 1 aromatic heterocycles. The van der Waals surface area contributed by atoms with Gasteiger partial charge in [-0.15, -0.1) is 11.3 Å². The van der Waals surface area contributed by atoms with Crippen molar-refractivity contribution in [2.75, 3.05) is 18.6 Å². The highest BCUT2D eigenvalue weighted by Crippen LogP contribution is 2.23. The van der Waals surface area contributed by atoms with Gasteiger partial charge in [0.05, 0.1) is 0 Å². The number of rotatable bonds is 5. The zero-order valence-electron chi connectivity index (χ0n) is 13.6. The number of anilines is 1. The third-order valence-corrected chi connectivity index (χ3v) is 4.47. The second kappa shape index (κ2) is 7.72. The van der Waals surface area contributed by atoms with Gasteiger partial charge in [0.2, 0.25) is 0 Å². The van der Waals surface area contributed by atoms with Crippen LogP contribution >= 0.6 is 11.3 Å². The van der Waals surface area contributed by atoms with Crippen molar-refractivity contribution < 1.29 is 14.3 Å². The first-order valence-corrected chi connectivity index (χ1v) is 8.53. The molecule has 0 N–H and O–H groups in total. The Morgan fingerprint density at radius 1 is 1.04 bits per heavy atom. The van der Waals surface area contributed by atoms with E-state index in [2.05, 4.69) is 4.98 Å². The van der Waals surface area contributed by atoms with Gasteiger partial charge >= 0.3 is 5.97 Å².